The molecule has 0 aliphatic rings. The van der Waals surface area contributed by atoms with Gasteiger partial charge in [0.25, 0.3) is 0 Å². The molecule has 0 fully saturated rings. The van der Waals surface area contributed by atoms with Gasteiger partial charge in [0, 0.05) is 18.8 Å². The van der Waals surface area contributed by atoms with E-state index in [0.29, 0.717) is 6.42 Å². The summed E-state index contributed by atoms with van der Waals surface area (Å²) in [6.07, 6.45) is 1.67. The molecule has 0 spiro atoms. The molecule has 6 nitrogen and oxygen atoms in total. The fourth-order valence-corrected chi connectivity index (χ4v) is 5.29. The summed E-state index contributed by atoms with van der Waals surface area (Å²) < 4.78 is 51.7. The maximum atomic E-state index is 12.7. The molecule has 0 aliphatic heterocycles. The number of hydrogen-bond donors (Lipinski definition) is 1. The lowest BCUT2D eigenvalue weighted by Crippen LogP contribution is -2.41. The fraction of sp³-hybridized carbons (Fsp3) is 0.333. The summed E-state index contributed by atoms with van der Waals surface area (Å²) in [6.45, 7) is 0.169. The lowest BCUT2D eigenvalue weighted by atomic mass is 10.1. The zero-order chi connectivity index (χ0) is 19.4. The minimum Gasteiger partial charge on any atom is -0.305 e. The van der Waals surface area contributed by atoms with E-state index in [9.17, 15) is 16.8 Å². The van der Waals surface area contributed by atoms with Gasteiger partial charge in [-0.2, -0.15) is 0 Å². The summed E-state index contributed by atoms with van der Waals surface area (Å²) >= 11 is 0. The first kappa shape index (κ1) is 20.6. The van der Waals surface area contributed by atoms with Crippen molar-refractivity contribution in [3.05, 3.63) is 60.2 Å². The largest absolute Gasteiger partial charge is 0.305 e. The van der Waals surface area contributed by atoms with Gasteiger partial charge >= 0.3 is 0 Å². The molecule has 0 heterocycles. The van der Waals surface area contributed by atoms with Crippen LogP contribution < -0.4 is 4.72 Å². The average molecular weight is 397 g/mol. The zero-order valence-corrected chi connectivity index (χ0v) is 16.7. The molecule has 0 bridgehead atoms. The molecule has 1 unspecified atom stereocenters. The molecular formula is C18H24N2O4S2. The second-order valence-corrected chi connectivity index (χ2v) is 10.1. The van der Waals surface area contributed by atoms with Crippen LogP contribution in [0.3, 0.4) is 0 Å². The Hall–Kier alpha value is -1.74. The summed E-state index contributed by atoms with van der Waals surface area (Å²) in [5.74, 6) is 0. The molecule has 142 valence electrons. The molecular weight excluding hydrogens is 372 g/mol. The molecule has 0 saturated heterocycles. The first-order valence-corrected chi connectivity index (χ1v) is 11.5. The second kappa shape index (κ2) is 8.30. The van der Waals surface area contributed by atoms with Crippen molar-refractivity contribution in [3.8, 4) is 0 Å². The summed E-state index contributed by atoms with van der Waals surface area (Å²) in [5, 5.41) is 0. The first-order valence-electron chi connectivity index (χ1n) is 8.10. The van der Waals surface area contributed by atoms with Gasteiger partial charge in [-0.3, -0.25) is 0 Å². The van der Waals surface area contributed by atoms with Crippen molar-refractivity contribution in [1.29, 1.82) is 0 Å². The fourth-order valence-electron chi connectivity index (χ4n) is 2.59. The van der Waals surface area contributed by atoms with Crippen LogP contribution in [0.25, 0.3) is 0 Å². The Kier molecular flexibility index (Phi) is 6.57. The van der Waals surface area contributed by atoms with E-state index in [1.165, 1.54) is 24.3 Å². The predicted molar refractivity (Wildman–Crippen MR) is 102 cm³/mol. The van der Waals surface area contributed by atoms with Gasteiger partial charge in [-0.05, 0) is 38.2 Å². The van der Waals surface area contributed by atoms with Gasteiger partial charge in [-0.1, -0.05) is 42.5 Å². The number of nitrogens with one attached hydrogen (secondary N) is 1. The highest BCUT2D eigenvalue weighted by Gasteiger charge is 2.24. The van der Waals surface area contributed by atoms with E-state index in [1.807, 2.05) is 49.3 Å². The summed E-state index contributed by atoms with van der Waals surface area (Å²) in [7, 11) is -3.84. The van der Waals surface area contributed by atoms with Crippen molar-refractivity contribution < 1.29 is 16.8 Å². The number of hydrogen-bond acceptors (Lipinski definition) is 5. The predicted octanol–water partition coefficient (Wildman–Crippen LogP) is 1.54. The molecule has 1 N–H and O–H groups in total. The normalized spacial score (nSPS) is 13.7. The standard InChI is InChI=1S/C18H24N2O4S2/c1-20(2)16(13-15-9-5-4-6-10-15)14-19-26(23,24)18-12-8-7-11-17(18)25(3,21)22/h4-12,16,19H,13-14H2,1-3H3. The van der Waals surface area contributed by atoms with Gasteiger partial charge in [-0.15, -0.1) is 0 Å². The van der Waals surface area contributed by atoms with Gasteiger partial charge in [0.05, 0.1) is 4.90 Å². The van der Waals surface area contributed by atoms with E-state index >= 15 is 0 Å². The quantitative estimate of drug-likeness (QED) is 0.732. The molecule has 1 atom stereocenters. The van der Waals surface area contributed by atoms with Crippen LogP contribution in [0.1, 0.15) is 5.56 Å². The van der Waals surface area contributed by atoms with Crippen molar-refractivity contribution in [3.63, 3.8) is 0 Å². The number of nitrogens with zero attached hydrogens (tertiary/aromatic N) is 1. The highest BCUT2D eigenvalue weighted by atomic mass is 32.2. The molecule has 0 aromatic heterocycles. The summed E-state index contributed by atoms with van der Waals surface area (Å²) in [4.78, 5) is 1.52. The molecule has 0 amide bonds. The van der Waals surface area contributed by atoms with Crippen LogP contribution in [-0.2, 0) is 26.3 Å². The van der Waals surface area contributed by atoms with Crippen LogP contribution in [0.2, 0.25) is 0 Å². The average Bonchev–Trinajstić information content (AvgIpc) is 2.58. The molecule has 0 radical (unpaired) electrons. The van der Waals surface area contributed by atoms with Crippen molar-refractivity contribution in [2.45, 2.75) is 22.3 Å². The monoisotopic (exact) mass is 396 g/mol. The van der Waals surface area contributed by atoms with Crippen LogP contribution in [0.5, 0.6) is 0 Å². The maximum Gasteiger partial charge on any atom is 0.241 e. The van der Waals surface area contributed by atoms with Gasteiger partial charge in [-0.25, -0.2) is 21.6 Å². The second-order valence-electron chi connectivity index (χ2n) is 6.38. The van der Waals surface area contributed by atoms with Crippen LogP contribution in [0.4, 0.5) is 0 Å². The molecule has 8 heteroatoms. The number of benzene rings is 2. The molecule has 2 aromatic rings. The molecule has 2 aromatic carbocycles. The molecule has 2 rings (SSSR count). The molecule has 26 heavy (non-hydrogen) atoms. The maximum absolute atomic E-state index is 12.7. The highest BCUT2D eigenvalue weighted by Crippen LogP contribution is 2.20. The van der Waals surface area contributed by atoms with E-state index in [0.717, 1.165) is 11.8 Å². The van der Waals surface area contributed by atoms with Crippen LogP contribution >= 0.6 is 0 Å². The van der Waals surface area contributed by atoms with E-state index < -0.39 is 19.9 Å². The van der Waals surface area contributed by atoms with Gasteiger partial charge in [0.15, 0.2) is 9.84 Å². The van der Waals surface area contributed by atoms with Gasteiger partial charge < -0.3 is 4.90 Å². The molecule has 0 saturated carbocycles. The highest BCUT2D eigenvalue weighted by molar-refractivity contribution is 7.93. The van der Waals surface area contributed by atoms with Crippen LogP contribution in [0.15, 0.2) is 64.4 Å². The van der Waals surface area contributed by atoms with E-state index in [-0.39, 0.29) is 22.4 Å². The van der Waals surface area contributed by atoms with Crippen molar-refractivity contribution >= 4 is 19.9 Å². The van der Waals surface area contributed by atoms with Crippen LogP contribution in [0, 0.1) is 0 Å². The Bertz CT molecular complexity index is 940. The Morgan fingerprint density at radius 2 is 1.42 bits per heavy atom. The Labute approximate surface area is 155 Å². The third kappa shape index (κ3) is 5.38. The summed E-state index contributed by atoms with van der Waals surface area (Å²) in [5.41, 5.74) is 1.10. The minimum atomic E-state index is -3.95. The number of sulfonamides is 1. The Morgan fingerprint density at radius 1 is 0.885 bits per heavy atom. The Balaban J connectivity index is 2.21. The number of rotatable bonds is 8. The van der Waals surface area contributed by atoms with Crippen molar-refractivity contribution in [1.82, 2.24) is 9.62 Å². The lowest BCUT2D eigenvalue weighted by Gasteiger charge is -2.25. The smallest absolute Gasteiger partial charge is 0.241 e. The van der Waals surface area contributed by atoms with Crippen molar-refractivity contribution in [2.75, 3.05) is 26.9 Å². The van der Waals surface area contributed by atoms with E-state index in [4.69, 9.17) is 0 Å². The minimum absolute atomic E-state index is 0.0717. The SMILES string of the molecule is CN(C)C(CNS(=O)(=O)c1ccccc1S(C)(=O)=O)Cc1ccccc1. The van der Waals surface area contributed by atoms with E-state index in [1.54, 1.807) is 0 Å². The molecule has 0 aliphatic carbocycles. The Morgan fingerprint density at radius 3 is 1.96 bits per heavy atom. The summed E-state index contributed by atoms with van der Waals surface area (Å²) in [6, 6.07) is 15.3. The van der Waals surface area contributed by atoms with Gasteiger partial charge in [0.1, 0.15) is 4.90 Å². The number of sulfone groups is 1. The van der Waals surface area contributed by atoms with Crippen molar-refractivity contribution in [2.24, 2.45) is 0 Å². The van der Waals surface area contributed by atoms with Gasteiger partial charge in [0.2, 0.25) is 10.0 Å². The third-order valence-corrected chi connectivity index (χ3v) is 6.86. The van der Waals surface area contributed by atoms with E-state index in [2.05, 4.69) is 4.72 Å². The number of likely N-dealkylation sites (N-methyl/N-ethyl adjacent to an activating group) is 1. The van der Waals surface area contributed by atoms with Crippen LogP contribution in [-0.4, -0.2) is 54.7 Å². The lowest BCUT2D eigenvalue weighted by molar-refractivity contribution is 0.291. The zero-order valence-electron chi connectivity index (χ0n) is 15.1. The first-order chi connectivity index (χ1) is 12.1. The third-order valence-electron chi connectivity index (χ3n) is 4.09. The topological polar surface area (TPSA) is 83.6 Å².